The molecule has 0 bridgehead atoms. The number of thioether (sulfide) groups is 1. The fraction of sp³-hybridized carbons (Fsp3) is 0.222. The molecule has 0 spiro atoms. The van der Waals surface area contributed by atoms with Gasteiger partial charge in [0.05, 0.1) is 10.7 Å². The Morgan fingerprint density at radius 2 is 1.81 bits per heavy atom. The molecule has 0 aliphatic heterocycles. The number of rotatable bonds is 8. The van der Waals surface area contributed by atoms with Crippen molar-refractivity contribution in [1.29, 1.82) is 0 Å². The van der Waals surface area contributed by atoms with Crippen molar-refractivity contribution in [2.45, 2.75) is 24.5 Å². The summed E-state index contributed by atoms with van der Waals surface area (Å²) in [7, 11) is 0. The molecular weight excluding hydrogens is 356 g/mol. The topological polar surface area (TPSA) is 98.5 Å². The Morgan fingerprint density at radius 3 is 2.42 bits per heavy atom. The highest BCUT2D eigenvalue weighted by Gasteiger charge is 2.17. The van der Waals surface area contributed by atoms with E-state index in [0.29, 0.717) is 11.4 Å². The first kappa shape index (κ1) is 19.5. The number of amides is 1. The summed E-state index contributed by atoms with van der Waals surface area (Å²) in [5.74, 6) is -0.896. The SMILES string of the molecule is C[C@@H](OC(=O)CSc1ccc([N+](=O)[O-])cc1)C(=O)NCc1ccccc1. The summed E-state index contributed by atoms with van der Waals surface area (Å²) in [5, 5.41) is 13.3. The molecule has 2 aromatic rings. The van der Waals surface area contributed by atoms with Crippen molar-refractivity contribution >= 4 is 29.3 Å². The fourth-order valence-electron chi connectivity index (χ4n) is 2.02. The van der Waals surface area contributed by atoms with Crippen LogP contribution >= 0.6 is 11.8 Å². The number of hydrogen-bond acceptors (Lipinski definition) is 6. The number of carbonyl (C=O) groups is 2. The molecule has 0 aliphatic carbocycles. The third-order valence-electron chi connectivity index (χ3n) is 3.39. The molecule has 0 heterocycles. The van der Waals surface area contributed by atoms with Crippen molar-refractivity contribution in [2.75, 3.05) is 5.75 Å². The molecule has 26 heavy (non-hydrogen) atoms. The minimum atomic E-state index is -0.899. The number of non-ortho nitro benzene ring substituents is 1. The van der Waals surface area contributed by atoms with Crippen molar-refractivity contribution < 1.29 is 19.2 Å². The Labute approximate surface area is 154 Å². The van der Waals surface area contributed by atoms with Crippen molar-refractivity contribution in [3.8, 4) is 0 Å². The number of nitro benzene ring substituents is 1. The van der Waals surface area contributed by atoms with Crippen LogP contribution in [0.3, 0.4) is 0 Å². The number of esters is 1. The number of nitrogens with zero attached hydrogens (tertiary/aromatic N) is 1. The maximum absolute atomic E-state index is 12.0. The van der Waals surface area contributed by atoms with Crippen LogP contribution in [0.5, 0.6) is 0 Å². The van der Waals surface area contributed by atoms with Gasteiger partial charge in [0.25, 0.3) is 11.6 Å². The number of nitrogens with one attached hydrogen (secondary N) is 1. The molecule has 0 unspecified atom stereocenters. The molecule has 136 valence electrons. The second-order valence-electron chi connectivity index (χ2n) is 5.38. The van der Waals surface area contributed by atoms with Gasteiger partial charge in [0.2, 0.25) is 0 Å². The minimum Gasteiger partial charge on any atom is -0.452 e. The number of benzene rings is 2. The summed E-state index contributed by atoms with van der Waals surface area (Å²) >= 11 is 1.18. The van der Waals surface area contributed by atoms with Crippen molar-refractivity contribution in [2.24, 2.45) is 0 Å². The summed E-state index contributed by atoms with van der Waals surface area (Å²) in [6.45, 7) is 1.87. The Kier molecular flexibility index (Phi) is 7.16. The van der Waals surface area contributed by atoms with Gasteiger partial charge >= 0.3 is 5.97 Å². The molecule has 0 saturated heterocycles. The van der Waals surface area contributed by atoms with Crippen molar-refractivity contribution in [1.82, 2.24) is 5.32 Å². The van der Waals surface area contributed by atoms with Gasteiger partial charge < -0.3 is 10.1 Å². The molecule has 0 saturated carbocycles. The lowest BCUT2D eigenvalue weighted by molar-refractivity contribution is -0.384. The highest BCUT2D eigenvalue weighted by Crippen LogP contribution is 2.21. The molecule has 1 atom stereocenters. The highest BCUT2D eigenvalue weighted by molar-refractivity contribution is 8.00. The lowest BCUT2D eigenvalue weighted by atomic mass is 10.2. The van der Waals surface area contributed by atoms with E-state index < -0.39 is 17.0 Å². The second-order valence-corrected chi connectivity index (χ2v) is 6.42. The van der Waals surface area contributed by atoms with Gasteiger partial charge in [-0.1, -0.05) is 30.3 Å². The van der Waals surface area contributed by atoms with Crippen LogP contribution in [0.25, 0.3) is 0 Å². The maximum atomic E-state index is 12.0. The van der Waals surface area contributed by atoms with Crippen LogP contribution in [-0.2, 0) is 20.9 Å². The van der Waals surface area contributed by atoms with Crippen LogP contribution in [0, 0.1) is 10.1 Å². The first-order valence-corrected chi connectivity index (χ1v) is 8.82. The zero-order valence-electron chi connectivity index (χ0n) is 14.1. The van der Waals surface area contributed by atoms with E-state index in [1.807, 2.05) is 30.3 Å². The standard InChI is InChI=1S/C18H18N2O5S/c1-13(18(22)19-11-14-5-3-2-4-6-14)25-17(21)12-26-16-9-7-15(8-10-16)20(23)24/h2-10,13H,11-12H2,1H3,(H,19,22)/t13-/m1/s1. The predicted molar refractivity (Wildman–Crippen MR) is 97.7 cm³/mol. The zero-order chi connectivity index (χ0) is 18.9. The van der Waals surface area contributed by atoms with Gasteiger partial charge in [0.1, 0.15) is 0 Å². The van der Waals surface area contributed by atoms with Gasteiger partial charge in [-0.05, 0) is 24.6 Å². The number of nitro groups is 1. The fourth-order valence-corrected chi connectivity index (χ4v) is 2.70. The molecular formula is C18H18N2O5S. The van der Waals surface area contributed by atoms with Crippen LogP contribution in [0.2, 0.25) is 0 Å². The normalized spacial score (nSPS) is 11.4. The number of carbonyl (C=O) groups excluding carboxylic acids is 2. The zero-order valence-corrected chi connectivity index (χ0v) is 14.9. The quantitative estimate of drug-likeness (QED) is 0.330. The van der Waals surface area contributed by atoms with E-state index in [9.17, 15) is 19.7 Å². The van der Waals surface area contributed by atoms with Crippen LogP contribution in [-0.4, -0.2) is 28.7 Å². The molecule has 0 aliphatic rings. The van der Waals surface area contributed by atoms with Crippen LogP contribution in [0.1, 0.15) is 12.5 Å². The smallest absolute Gasteiger partial charge is 0.317 e. The molecule has 8 heteroatoms. The first-order chi connectivity index (χ1) is 12.5. The lowest BCUT2D eigenvalue weighted by Gasteiger charge is -2.13. The molecule has 0 radical (unpaired) electrons. The van der Waals surface area contributed by atoms with E-state index >= 15 is 0 Å². The average molecular weight is 374 g/mol. The molecule has 0 aromatic heterocycles. The molecule has 2 aromatic carbocycles. The predicted octanol–water partition coefficient (Wildman–Crippen LogP) is 2.94. The Morgan fingerprint density at radius 1 is 1.15 bits per heavy atom. The van der Waals surface area contributed by atoms with Gasteiger partial charge in [0.15, 0.2) is 6.10 Å². The minimum absolute atomic E-state index is 0.00805. The Balaban J connectivity index is 1.73. The van der Waals surface area contributed by atoms with Crippen LogP contribution in [0.4, 0.5) is 5.69 Å². The molecule has 1 N–H and O–H groups in total. The summed E-state index contributed by atoms with van der Waals surface area (Å²) in [6.07, 6.45) is -0.899. The van der Waals surface area contributed by atoms with E-state index in [1.54, 1.807) is 12.1 Å². The highest BCUT2D eigenvalue weighted by atomic mass is 32.2. The largest absolute Gasteiger partial charge is 0.452 e. The van der Waals surface area contributed by atoms with Crippen LogP contribution < -0.4 is 5.32 Å². The summed E-state index contributed by atoms with van der Waals surface area (Å²) in [4.78, 5) is 34.6. The number of ether oxygens (including phenoxy) is 1. The summed E-state index contributed by atoms with van der Waals surface area (Å²) in [6, 6.07) is 15.3. The first-order valence-electron chi connectivity index (χ1n) is 7.84. The molecule has 2 rings (SSSR count). The number of hydrogen-bond donors (Lipinski definition) is 1. The average Bonchev–Trinajstić information content (AvgIpc) is 2.65. The van der Waals surface area contributed by atoms with Gasteiger partial charge in [0, 0.05) is 23.6 Å². The van der Waals surface area contributed by atoms with Crippen LogP contribution in [0.15, 0.2) is 59.5 Å². The monoisotopic (exact) mass is 374 g/mol. The molecule has 7 nitrogen and oxygen atoms in total. The van der Waals surface area contributed by atoms with Crippen molar-refractivity contribution in [3.63, 3.8) is 0 Å². The molecule has 1 amide bonds. The van der Waals surface area contributed by atoms with Gasteiger partial charge in [-0.15, -0.1) is 11.8 Å². The Hall–Kier alpha value is -2.87. The lowest BCUT2D eigenvalue weighted by Crippen LogP contribution is -2.35. The van der Waals surface area contributed by atoms with E-state index in [4.69, 9.17) is 4.74 Å². The van der Waals surface area contributed by atoms with Gasteiger partial charge in [-0.2, -0.15) is 0 Å². The Bertz CT molecular complexity index is 765. The van der Waals surface area contributed by atoms with Gasteiger partial charge in [-0.25, -0.2) is 0 Å². The van der Waals surface area contributed by atoms with E-state index in [2.05, 4.69) is 5.32 Å². The van der Waals surface area contributed by atoms with Gasteiger partial charge in [-0.3, -0.25) is 19.7 Å². The summed E-state index contributed by atoms with van der Waals surface area (Å²) in [5.41, 5.74) is 0.939. The summed E-state index contributed by atoms with van der Waals surface area (Å²) < 4.78 is 5.10. The van der Waals surface area contributed by atoms with Crippen molar-refractivity contribution in [3.05, 3.63) is 70.3 Å². The third-order valence-corrected chi connectivity index (χ3v) is 4.38. The maximum Gasteiger partial charge on any atom is 0.317 e. The second kappa shape index (κ2) is 9.57. The third kappa shape index (κ3) is 6.21. The van der Waals surface area contributed by atoms with E-state index in [-0.39, 0.29) is 17.3 Å². The van der Waals surface area contributed by atoms with E-state index in [0.717, 1.165) is 5.56 Å². The molecule has 0 fully saturated rings. The van der Waals surface area contributed by atoms with E-state index in [1.165, 1.54) is 30.8 Å².